The van der Waals surface area contributed by atoms with Crippen molar-refractivity contribution < 1.29 is 0 Å². The van der Waals surface area contributed by atoms with Crippen molar-refractivity contribution in [2.75, 3.05) is 0 Å². The number of hydrogen-bond donors (Lipinski definition) is 0. The Labute approximate surface area is 97.0 Å². The van der Waals surface area contributed by atoms with Gasteiger partial charge in [-0.15, -0.1) is 0 Å². The maximum absolute atomic E-state index is 3.55. The van der Waals surface area contributed by atoms with E-state index in [0.29, 0.717) is 4.83 Å². The first-order valence-electron chi connectivity index (χ1n) is 4.48. The molecule has 0 radical (unpaired) electrons. The summed E-state index contributed by atoms with van der Waals surface area (Å²) in [5, 5.41) is 0. The fraction of sp³-hybridized carbons (Fsp3) is 0.455. The van der Waals surface area contributed by atoms with Crippen LogP contribution >= 0.6 is 31.9 Å². The van der Waals surface area contributed by atoms with Crippen molar-refractivity contribution in [2.24, 2.45) is 0 Å². The van der Waals surface area contributed by atoms with Crippen LogP contribution in [0.4, 0.5) is 0 Å². The van der Waals surface area contributed by atoms with Crippen molar-refractivity contribution in [2.45, 2.75) is 31.5 Å². The lowest BCUT2D eigenvalue weighted by atomic mass is 10.1. The molecule has 0 aliphatic heterocycles. The van der Waals surface area contributed by atoms with Crippen LogP contribution in [0.2, 0.25) is 0 Å². The van der Waals surface area contributed by atoms with Gasteiger partial charge in [-0.1, -0.05) is 50.9 Å². The summed E-state index contributed by atoms with van der Waals surface area (Å²) in [4.78, 5) is 0.604. The number of hydrogen-bond acceptors (Lipinski definition) is 0. The zero-order valence-electron chi connectivity index (χ0n) is 7.98. The summed E-state index contributed by atoms with van der Waals surface area (Å²) >= 11 is 7.09. The van der Waals surface area contributed by atoms with Gasteiger partial charge in [0.25, 0.3) is 0 Å². The van der Waals surface area contributed by atoms with Gasteiger partial charge in [0.15, 0.2) is 0 Å². The van der Waals surface area contributed by atoms with Crippen LogP contribution in [-0.4, -0.2) is 4.83 Å². The summed E-state index contributed by atoms with van der Waals surface area (Å²) in [5.74, 6) is 0. The Bertz CT molecular complexity index is 279. The molecule has 0 saturated heterocycles. The molecule has 0 heterocycles. The van der Waals surface area contributed by atoms with Gasteiger partial charge < -0.3 is 0 Å². The smallest absolute Gasteiger partial charge is 0.0207 e. The van der Waals surface area contributed by atoms with Gasteiger partial charge in [0.1, 0.15) is 0 Å². The van der Waals surface area contributed by atoms with E-state index in [2.05, 4.69) is 63.9 Å². The van der Waals surface area contributed by atoms with Crippen molar-refractivity contribution in [3.05, 3.63) is 33.8 Å². The average Bonchev–Trinajstić information content (AvgIpc) is 2.07. The second-order valence-electron chi connectivity index (χ2n) is 3.40. The van der Waals surface area contributed by atoms with Gasteiger partial charge in [-0.3, -0.25) is 0 Å². The van der Waals surface area contributed by atoms with E-state index in [9.17, 15) is 0 Å². The van der Waals surface area contributed by atoms with Gasteiger partial charge >= 0.3 is 0 Å². The minimum atomic E-state index is 0.604. The minimum absolute atomic E-state index is 0.604. The zero-order chi connectivity index (χ0) is 9.84. The first-order chi connectivity index (χ1) is 6.09. The molecule has 0 N–H and O–H groups in total. The van der Waals surface area contributed by atoms with Gasteiger partial charge in [-0.2, -0.15) is 0 Å². The zero-order valence-corrected chi connectivity index (χ0v) is 11.2. The molecule has 72 valence electrons. The highest BCUT2D eigenvalue weighted by Crippen LogP contribution is 2.19. The van der Waals surface area contributed by atoms with Crippen LogP contribution in [0, 0.1) is 6.92 Å². The summed E-state index contributed by atoms with van der Waals surface area (Å²) in [6.07, 6.45) is 2.33. The largest absolute Gasteiger partial charge is 0.0894 e. The Kier molecular flexibility index (Phi) is 4.47. The SMILES string of the molecule is Cc1ccc(CCC(C)Br)cc1Br. The van der Waals surface area contributed by atoms with E-state index in [4.69, 9.17) is 0 Å². The third-order valence-corrected chi connectivity index (χ3v) is 3.38. The van der Waals surface area contributed by atoms with Crippen LogP contribution in [0.15, 0.2) is 22.7 Å². The van der Waals surface area contributed by atoms with Crippen molar-refractivity contribution in [1.82, 2.24) is 0 Å². The molecular weight excluding hydrogens is 292 g/mol. The van der Waals surface area contributed by atoms with Crippen molar-refractivity contribution in [1.29, 1.82) is 0 Å². The Balaban J connectivity index is 2.63. The summed E-state index contributed by atoms with van der Waals surface area (Å²) in [7, 11) is 0. The van der Waals surface area contributed by atoms with Gasteiger partial charge in [0.05, 0.1) is 0 Å². The molecule has 0 saturated carbocycles. The Morgan fingerprint density at radius 2 is 2.08 bits per heavy atom. The standard InChI is InChI=1S/C11H14Br2/c1-8-3-5-10(7-11(8)13)6-4-9(2)12/h3,5,7,9H,4,6H2,1-2H3. The summed E-state index contributed by atoms with van der Waals surface area (Å²) in [6.45, 7) is 4.30. The van der Waals surface area contributed by atoms with Crippen LogP contribution in [0.25, 0.3) is 0 Å². The molecule has 0 amide bonds. The molecule has 2 heteroatoms. The van der Waals surface area contributed by atoms with Gasteiger partial charge in [0.2, 0.25) is 0 Å². The molecule has 1 aromatic rings. The first kappa shape index (κ1) is 11.3. The van der Waals surface area contributed by atoms with Gasteiger partial charge in [-0.05, 0) is 37.0 Å². The number of alkyl halides is 1. The highest BCUT2D eigenvalue weighted by Gasteiger charge is 2.00. The molecular formula is C11H14Br2. The number of benzene rings is 1. The van der Waals surface area contributed by atoms with Gasteiger partial charge in [0, 0.05) is 9.30 Å². The lowest BCUT2D eigenvalue weighted by Crippen LogP contribution is -1.94. The van der Waals surface area contributed by atoms with E-state index < -0.39 is 0 Å². The molecule has 1 unspecified atom stereocenters. The van der Waals surface area contributed by atoms with Gasteiger partial charge in [-0.25, -0.2) is 0 Å². The van der Waals surface area contributed by atoms with Crippen LogP contribution in [0.1, 0.15) is 24.5 Å². The summed E-state index contributed by atoms with van der Waals surface area (Å²) in [5.41, 5.74) is 2.71. The average molecular weight is 306 g/mol. The van der Waals surface area contributed by atoms with E-state index in [1.54, 1.807) is 0 Å². The van der Waals surface area contributed by atoms with Crippen LogP contribution in [0.5, 0.6) is 0 Å². The van der Waals surface area contributed by atoms with E-state index in [1.807, 2.05) is 0 Å². The second kappa shape index (κ2) is 5.16. The molecule has 13 heavy (non-hydrogen) atoms. The third-order valence-electron chi connectivity index (χ3n) is 2.07. The Morgan fingerprint density at radius 3 is 2.62 bits per heavy atom. The molecule has 1 aromatic carbocycles. The Morgan fingerprint density at radius 1 is 1.38 bits per heavy atom. The van der Waals surface area contributed by atoms with E-state index in [-0.39, 0.29) is 0 Å². The molecule has 0 aromatic heterocycles. The predicted octanol–water partition coefficient (Wildman–Crippen LogP) is 4.47. The van der Waals surface area contributed by atoms with Crippen LogP contribution in [0.3, 0.4) is 0 Å². The summed E-state index contributed by atoms with van der Waals surface area (Å²) in [6, 6.07) is 6.58. The quantitative estimate of drug-likeness (QED) is 0.723. The molecule has 0 nitrogen and oxygen atoms in total. The molecule has 0 aliphatic rings. The monoisotopic (exact) mass is 304 g/mol. The third kappa shape index (κ3) is 3.82. The predicted molar refractivity (Wildman–Crippen MR) is 65.6 cm³/mol. The summed E-state index contributed by atoms with van der Waals surface area (Å²) < 4.78 is 1.22. The fourth-order valence-electron chi connectivity index (χ4n) is 1.16. The Hall–Kier alpha value is 0.180. The molecule has 0 spiro atoms. The number of halogens is 2. The molecule has 0 aliphatic carbocycles. The fourth-order valence-corrected chi connectivity index (χ4v) is 1.81. The highest BCUT2D eigenvalue weighted by atomic mass is 79.9. The first-order valence-corrected chi connectivity index (χ1v) is 6.19. The number of rotatable bonds is 3. The second-order valence-corrected chi connectivity index (χ2v) is 5.82. The molecule has 0 fully saturated rings. The minimum Gasteiger partial charge on any atom is -0.0894 e. The van der Waals surface area contributed by atoms with Crippen LogP contribution < -0.4 is 0 Å². The molecule has 1 rings (SSSR count). The number of aryl methyl sites for hydroxylation is 2. The van der Waals surface area contributed by atoms with Crippen molar-refractivity contribution in [3.63, 3.8) is 0 Å². The lowest BCUT2D eigenvalue weighted by Gasteiger charge is -2.05. The van der Waals surface area contributed by atoms with Crippen molar-refractivity contribution in [3.8, 4) is 0 Å². The normalized spacial score (nSPS) is 12.9. The van der Waals surface area contributed by atoms with E-state index >= 15 is 0 Å². The molecule has 0 bridgehead atoms. The molecule has 1 atom stereocenters. The van der Waals surface area contributed by atoms with Crippen molar-refractivity contribution >= 4 is 31.9 Å². The highest BCUT2D eigenvalue weighted by molar-refractivity contribution is 9.10. The lowest BCUT2D eigenvalue weighted by molar-refractivity contribution is 0.821. The van der Waals surface area contributed by atoms with E-state index in [0.717, 1.165) is 6.42 Å². The maximum Gasteiger partial charge on any atom is 0.0207 e. The van der Waals surface area contributed by atoms with Crippen LogP contribution in [-0.2, 0) is 6.42 Å². The maximum atomic E-state index is 3.55. The topological polar surface area (TPSA) is 0 Å². The van der Waals surface area contributed by atoms with E-state index in [1.165, 1.54) is 22.0 Å².